The Morgan fingerprint density at radius 2 is 1.88 bits per heavy atom. The van der Waals surface area contributed by atoms with Gasteiger partial charge in [0.05, 0.1) is 6.61 Å². The van der Waals surface area contributed by atoms with Gasteiger partial charge in [-0.3, -0.25) is 13.9 Å². The van der Waals surface area contributed by atoms with Crippen molar-refractivity contribution >= 4 is 30.0 Å². The smallest absolute Gasteiger partial charge is 0.461 e. The van der Waals surface area contributed by atoms with E-state index in [0.29, 0.717) is 11.4 Å². The molecule has 13 heteroatoms. The fourth-order valence-electron chi connectivity index (χ4n) is 4.94. The van der Waals surface area contributed by atoms with Gasteiger partial charge in [0.1, 0.15) is 6.10 Å². The van der Waals surface area contributed by atoms with Crippen molar-refractivity contribution in [1.29, 1.82) is 0 Å². The van der Waals surface area contributed by atoms with Crippen LogP contribution in [0.25, 0.3) is 0 Å². The molecule has 1 aliphatic carbocycles. The molecule has 1 unspecified atom stereocenters. The number of nitrogens with one attached hydrogen (secondary N) is 1. The lowest BCUT2D eigenvalue weighted by Gasteiger charge is -2.26. The molecule has 1 saturated heterocycles. The molecule has 2 N–H and O–H groups in total. The van der Waals surface area contributed by atoms with E-state index in [9.17, 15) is 14.5 Å². The summed E-state index contributed by atoms with van der Waals surface area (Å²) in [6.45, 7) is 1.57. The highest BCUT2D eigenvalue weighted by Crippen LogP contribution is 2.53. The van der Waals surface area contributed by atoms with Crippen LogP contribution in [-0.4, -0.2) is 52.1 Å². The standard InChI is InChI=1S/C30H36BrN3O8P/c1-21-16-17-34(30(36)32-21)27-19-38-28(41-27)20-39-43(37,42-25-14-12-23(31)13-15-25)33-26(18-22-8-4-2-5-9-22)29(35)40-24-10-6-3-7-11-24/h2,4-5,8-9,12-17,24,26-28,33,37H,3,6-7,10-11,18-20H2,1H3/q+1/t26-,27-,28-,43?/m0/s1. The molecule has 5 rings (SSSR count). The van der Waals surface area contributed by atoms with Crippen molar-refractivity contribution in [1.82, 2.24) is 14.6 Å². The first-order valence-corrected chi connectivity index (χ1v) is 16.7. The van der Waals surface area contributed by atoms with Gasteiger partial charge in [-0.25, -0.2) is 4.79 Å². The average Bonchev–Trinajstić information content (AvgIpc) is 3.47. The number of aromatic nitrogens is 2. The van der Waals surface area contributed by atoms with Gasteiger partial charge in [-0.1, -0.05) is 57.8 Å². The zero-order chi connectivity index (χ0) is 30.2. The van der Waals surface area contributed by atoms with Crippen LogP contribution in [0.4, 0.5) is 0 Å². The van der Waals surface area contributed by atoms with Crippen molar-refractivity contribution in [3.05, 3.63) is 93.1 Å². The number of carbonyl (C=O) groups is 1. The van der Waals surface area contributed by atoms with Crippen LogP contribution < -0.4 is 15.3 Å². The molecule has 0 amide bonds. The van der Waals surface area contributed by atoms with Crippen molar-refractivity contribution in [2.24, 2.45) is 0 Å². The summed E-state index contributed by atoms with van der Waals surface area (Å²) in [5.74, 6) is -0.161. The molecule has 43 heavy (non-hydrogen) atoms. The predicted molar refractivity (Wildman–Crippen MR) is 163 cm³/mol. The van der Waals surface area contributed by atoms with E-state index in [-0.39, 0.29) is 25.7 Å². The van der Waals surface area contributed by atoms with Gasteiger partial charge >= 0.3 is 19.8 Å². The van der Waals surface area contributed by atoms with Gasteiger partial charge in [-0.05, 0) is 68.5 Å². The maximum absolute atomic E-state index is 13.5. The van der Waals surface area contributed by atoms with E-state index >= 15 is 0 Å². The third kappa shape index (κ3) is 9.15. The zero-order valence-corrected chi connectivity index (χ0v) is 26.3. The summed E-state index contributed by atoms with van der Waals surface area (Å²) in [6, 6.07) is 17.1. The maximum Gasteiger partial charge on any atom is 0.544 e. The molecule has 3 aromatic rings. The SMILES string of the molecule is Cc1ccn([C@@H]2CO[C@H](CO[P+](O)(N[C@@H](Cc3ccccc3)C(=O)OC3CCCCC3)Oc3ccc(Br)cc3)O2)c(=O)n1. The number of benzene rings is 2. The second-order valence-corrected chi connectivity index (χ2v) is 13.2. The molecular formula is C30H36BrN3O8P+. The van der Waals surface area contributed by atoms with Crippen molar-refractivity contribution in [2.75, 3.05) is 13.2 Å². The molecule has 0 spiro atoms. The predicted octanol–water partition coefficient (Wildman–Crippen LogP) is 5.03. The Balaban J connectivity index is 1.32. The van der Waals surface area contributed by atoms with Crippen molar-refractivity contribution in [3.8, 4) is 5.75 Å². The largest absolute Gasteiger partial charge is 0.544 e. The van der Waals surface area contributed by atoms with Crippen LogP contribution in [0.15, 0.2) is 76.1 Å². The Morgan fingerprint density at radius 1 is 1.14 bits per heavy atom. The van der Waals surface area contributed by atoms with Crippen LogP contribution >= 0.6 is 24.0 Å². The number of hydrogen-bond acceptors (Lipinski definition) is 10. The van der Waals surface area contributed by atoms with Crippen LogP contribution in [0.3, 0.4) is 0 Å². The number of nitrogens with zero attached hydrogens (tertiary/aromatic N) is 2. The van der Waals surface area contributed by atoms with E-state index in [1.165, 1.54) is 4.57 Å². The number of halogens is 1. The highest BCUT2D eigenvalue weighted by Gasteiger charge is 2.49. The van der Waals surface area contributed by atoms with E-state index in [4.69, 9.17) is 23.3 Å². The average molecular weight is 678 g/mol. The van der Waals surface area contributed by atoms with Gasteiger partial charge in [0.15, 0.2) is 30.9 Å². The summed E-state index contributed by atoms with van der Waals surface area (Å²) in [5.41, 5.74) is 1.01. The van der Waals surface area contributed by atoms with Gasteiger partial charge < -0.3 is 14.2 Å². The number of rotatable bonds is 12. The number of hydrogen-bond donors (Lipinski definition) is 2. The summed E-state index contributed by atoms with van der Waals surface area (Å²) < 4.78 is 31.6. The van der Waals surface area contributed by atoms with Crippen molar-refractivity contribution in [2.45, 2.75) is 70.1 Å². The molecule has 2 heterocycles. The number of aryl methyl sites for hydroxylation is 1. The fraction of sp³-hybridized carbons (Fsp3) is 0.433. The number of ether oxygens (including phenoxy) is 3. The highest BCUT2D eigenvalue weighted by atomic mass is 79.9. The molecule has 2 aliphatic rings. The third-order valence-corrected chi connectivity index (χ3v) is 9.29. The Hall–Kier alpha value is -2.70. The van der Waals surface area contributed by atoms with E-state index in [0.717, 1.165) is 42.1 Å². The van der Waals surface area contributed by atoms with E-state index in [2.05, 4.69) is 26.0 Å². The lowest BCUT2D eigenvalue weighted by Crippen LogP contribution is -2.43. The molecule has 2 fully saturated rings. The second kappa shape index (κ2) is 14.9. The first-order chi connectivity index (χ1) is 20.8. The molecule has 1 saturated carbocycles. The Morgan fingerprint density at radius 3 is 2.60 bits per heavy atom. The number of carbonyl (C=O) groups excluding carboxylic acids is 1. The lowest BCUT2D eigenvalue weighted by molar-refractivity contribution is -0.152. The van der Waals surface area contributed by atoms with Gasteiger partial charge in [0, 0.05) is 22.8 Å². The van der Waals surface area contributed by atoms with Gasteiger partial charge in [-0.2, -0.15) is 14.4 Å². The molecule has 230 valence electrons. The molecule has 0 bridgehead atoms. The van der Waals surface area contributed by atoms with Crippen molar-refractivity contribution in [3.63, 3.8) is 0 Å². The first-order valence-electron chi connectivity index (χ1n) is 14.3. The topological polar surface area (TPSA) is 130 Å². The van der Waals surface area contributed by atoms with E-state index < -0.39 is 38.3 Å². The van der Waals surface area contributed by atoms with Crippen LogP contribution in [0.5, 0.6) is 5.75 Å². The van der Waals surface area contributed by atoms with E-state index in [1.54, 1.807) is 43.5 Å². The fourth-order valence-corrected chi connectivity index (χ4v) is 6.71. The van der Waals surface area contributed by atoms with Crippen LogP contribution in [-0.2, 0) is 29.9 Å². The number of esters is 1. The van der Waals surface area contributed by atoms with Gasteiger partial charge in [-0.15, -0.1) is 0 Å². The zero-order valence-electron chi connectivity index (χ0n) is 23.8. The third-order valence-electron chi connectivity index (χ3n) is 7.16. The van der Waals surface area contributed by atoms with Crippen LogP contribution in [0.1, 0.15) is 49.6 Å². The molecule has 1 aromatic heterocycles. The van der Waals surface area contributed by atoms with Gasteiger partial charge in [0.25, 0.3) is 0 Å². The molecule has 4 atom stereocenters. The minimum absolute atomic E-state index is 0.0842. The highest BCUT2D eigenvalue weighted by molar-refractivity contribution is 9.10. The molecule has 2 aromatic carbocycles. The summed E-state index contributed by atoms with van der Waals surface area (Å²) in [4.78, 5) is 41.6. The summed E-state index contributed by atoms with van der Waals surface area (Å²) in [7, 11) is -3.97. The molecule has 11 nitrogen and oxygen atoms in total. The molecular weight excluding hydrogens is 641 g/mol. The van der Waals surface area contributed by atoms with E-state index in [1.807, 2.05) is 30.3 Å². The minimum atomic E-state index is -3.97. The first kappa shape index (κ1) is 31.7. The molecule has 1 aliphatic heterocycles. The normalized spacial score (nSPS) is 21.2. The molecule has 0 radical (unpaired) electrons. The van der Waals surface area contributed by atoms with Crippen molar-refractivity contribution < 1.29 is 32.9 Å². The summed E-state index contributed by atoms with van der Waals surface area (Å²) in [5, 5.41) is 2.97. The summed E-state index contributed by atoms with van der Waals surface area (Å²) in [6.07, 6.45) is 4.80. The quantitative estimate of drug-likeness (QED) is 0.199. The lowest BCUT2D eigenvalue weighted by atomic mass is 9.97. The summed E-state index contributed by atoms with van der Waals surface area (Å²) >= 11 is 3.40. The maximum atomic E-state index is 13.5. The Labute approximate surface area is 259 Å². The van der Waals surface area contributed by atoms with Gasteiger partial charge in [0.2, 0.25) is 0 Å². The van der Waals surface area contributed by atoms with Crippen LogP contribution in [0, 0.1) is 6.92 Å². The van der Waals surface area contributed by atoms with Crippen LogP contribution in [0.2, 0.25) is 0 Å². The minimum Gasteiger partial charge on any atom is -0.461 e. The second-order valence-electron chi connectivity index (χ2n) is 10.5. The Kier molecular flexibility index (Phi) is 11.0. The monoisotopic (exact) mass is 676 g/mol. The Bertz CT molecular complexity index is 1410.